The van der Waals surface area contributed by atoms with Gasteiger partial charge in [0.1, 0.15) is 0 Å². The minimum absolute atomic E-state index is 0.463. The van der Waals surface area contributed by atoms with Crippen LogP contribution in [0, 0.1) is 0 Å². The molecule has 1 aromatic heterocycles. The van der Waals surface area contributed by atoms with Crippen LogP contribution in [0.1, 0.15) is 12.8 Å². The van der Waals surface area contributed by atoms with Crippen LogP contribution < -0.4 is 4.90 Å². The standard InChI is InChI=1S/C13H20N4O/c1-3-12(18-10-1)11-16-6-8-17(9-7-16)13-14-4-2-5-15-13/h2,4-5,12H,1,3,6-11H2. The van der Waals surface area contributed by atoms with Crippen LogP contribution >= 0.6 is 0 Å². The zero-order chi connectivity index (χ0) is 12.2. The number of hydrogen-bond acceptors (Lipinski definition) is 5. The Kier molecular flexibility index (Phi) is 3.71. The topological polar surface area (TPSA) is 41.5 Å². The average molecular weight is 248 g/mol. The molecule has 0 bridgehead atoms. The van der Waals surface area contributed by atoms with Gasteiger partial charge in [0.25, 0.3) is 0 Å². The van der Waals surface area contributed by atoms with Crippen LogP contribution in [0.15, 0.2) is 18.5 Å². The molecule has 2 saturated heterocycles. The van der Waals surface area contributed by atoms with Crippen molar-refractivity contribution >= 4 is 5.95 Å². The van der Waals surface area contributed by atoms with Gasteiger partial charge in [0.2, 0.25) is 5.95 Å². The molecule has 0 aliphatic carbocycles. The highest BCUT2D eigenvalue weighted by Gasteiger charge is 2.23. The highest BCUT2D eigenvalue weighted by molar-refractivity contribution is 5.29. The Hall–Kier alpha value is -1.20. The first-order chi connectivity index (χ1) is 8.92. The first-order valence-corrected chi connectivity index (χ1v) is 6.78. The molecule has 0 radical (unpaired) electrons. The van der Waals surface area contributed by atoms with E-state index in [0.717, 1.165) is 45.3 Å². The highest BCUT2D eigenvalue weighted by Crippen LogP contribution is 2.15. The van der Waals surface area contributed by atoms with Gasteiger partial charge in [-0.25, -0.2) is 9.97 Å². The van der Waals surface area contributed by atoms with Crippen molar-refractivity contribution in [1.29, 1.82) is 0 Å². The second-order valence-electron chi connectivity index (χ2n) is 4.97. The molecule has 3 heterocycles. The van der Waals surface area contributed by atoms with Crippen LogP contribution in [0.3, 0.4) is 0 Å². The third-order valence-electron chi connectivity index (χ3n) is 3.69. The zero-order valence-corrected chi connectivity index (χ0v) is 10.7. The smallest absolute Gasteiger partial charge is 0.225 e. The Morgan fingerprint density at radius 2 is 1.94 bits per heavy atom. The van der Waals surface area contributed by atoms with Crippen LogP contribution in [-0.2, 0) is 4.74 Å². The van der Waals surface area contributed by atoms with E-state index >= 15 is 0 Å². The van der Waals surface area contributed by atoms with Gasteiger partial charge in [0, 0.05) is 51.7 Å². The van der Waals surface area contributed by atoms with E-state index in [1.807, 2.05) is 6.07 Å². The fraction of sp³-hybridized carbons (Fsp3) is 0.692. The van der Waals surface area contributed by atoms with E-state index in [1.165, 1.54) is 12.8 Å². The number of ether oxygens (including phenoxy) is 1. The first kappa shape index (κ1) is 11.9. The van der Waals surface area contributed by atoms with Crippen LogP contribution in [0.5, 0.6) is 0 Å². The Balaban J connectivity index is 1.49. The second-order valence-corrected chi connectivity index (χ2v) is 4.97. The molecule has 2 fully saturated rings. The summed E-state index contributed by atoms with van der Waals surface area (Å²) in [4.78, 5) is 13.4. The molecule has 5 nitrogen and oxygen atoms in total. The molecule has 0 spiro atoms. The average Bonchev–Trinajstić information content (AvgIpc) is 2.94. The van der Waals surface area contributed by atoms with Crippen molar-refractivity contribution in [1.82, 2.24) is 14.9 Å². The maximum Gasteiger partial charge on any atom is 0.225 e. The number of rotatable bonds is 3. The first-order valence-electron chi connectivity index (χ1n) is 6.78. The molecule has 0 aromatic carbocycles. The fourth-order valence-electron chi connectivity index (χ4n) is 2.66. The number of hydrogen-bond donors (Lipinski definition) is 0. The molecule has 18 heavy (non-hydrogen) atoms. The van der Waals surface area contributed by atoms with Crippen molar-refractivity contribution in [3.63, 3.8) is 0 Å². The quantitative estimate of drug-likeness (QED) is 0.790. The van der Waals surface area contributed by atoms with Crippen molar-refractivity contribution < 1.29 is 4.74 Å². The third kappa shape index (κ3) is 2.79. The Morgan fingerprint density at radius 3 is 2.61 bits per heavy atom. The zero-order valence-electron chi connectivity index (χ0n) is 10.7. The van der Waals surface area contributed by atoms with E-state index in [2.05, 4.69) is 19.8 Å². The molecule has 98 valence electrons. The summed E-state index contributed by atoms with van der Waals surface area (Å²) in [6, 6.07) is 1.86. The van der Waals surface area contributed by atoms with Gasteiger partial charge in [0.15, 0.2) is 0 Å². The van der Waals surface area contributed by atoms with Crippen molar-refractivity contribution in [3.8, 4) is 0 Å². The summed E-state index contributed by atoms with van der Waals surface area (Å²) >= 11 is 0. The van der Waals surface area contributed by atoms with Gasteiger partial charge in [-0.2, -0.15) is 0 Å². The number of anilines is 1. The molecule has 5 heteroatoms. The number of piperazine rings is 1. The monoisotopic (exact) mass is 248 g/mol. The predicted octanol–water partition coefficient (Wildman–Crippen LogP) is 0.778. The summed E-state index contributed by atoms with van der Waals surface area (Å²) in [7, 11) is 0. The van der Waals surface area contributed by atoms with Gasteiger partial charge in [-0.3, -0.25) is 4.90 Å². The van der Waals surface area contributed by atoms with E-state index in [4.69, 9.17) is 4.74 Å². The molecule has 1 aromatic rings. The lowest BCUT2D eigenvalue weighted by atomic mass is 10.2. The summed E-state index contributed by atoms with van der Waals surface area (Å²) in [5.74, 6) is 0.856. The number of nitrogens with zero attached hydrogens (tertiary/aromatic N) is 4. The molecule has 2 aliphatic rings. The lowest BCUT2D eigenvalue weighted by molar-refractivity contribution is 0.0712. The highest BCUT2D eigenvalue weighted by atomic mass is 16.5. The van der Waals surface area contributed by atoms with Gasteiger partial charge in [-0.15, -0.1) is 0 Å². The molecule has 0 amide bonds. The Bertz CT molecular complexity index is 359. The lowest BCUT2D eigenvalue weighted by Gasteiger charge is -2.35. The lowest BCUT2D eigenvalue weighted by Crippen LogP contribution is -2.49. The molecular formula is C13H20N4O. The van der Waals surface area contributed by atoms with Crippen LogP contribution in [0.4, 0.5) is 5.95 Å². The third-order valence-corrected chi connectivity index (χ3v) is 3.69. The van der Waals surface area contributed by atoms with Gasteiger partial charge >= 0.3 is 0 Å². The molecule has 2 aliphatic heterocycles. The van der Waals surface area contributed by atoms with Crippen LogP contribution in [0.2, 0.25) is 0 Å². The Labute approximate surface area is 108 Å². The molecule has 1 atom stereocenters. The van der Waals surface area contributed by atoms with Crippen LogP contribution in [0.25, 0.3) is 0 Å². The summed E-state index contributed by atoms with van der Waals surface area (Å²) < 4.78 is 5.69. The van der Waals surface area contributed by atoms with Crippen LogP contribution in [-0.4, -0.2) is 60.3 Å². The normalized spacial score (nSPS) is 25.6. The summed E-state index contributed by atoms with van der Waals surface area (Å²) in [6.45, 7) is 6.22. The minimum Gasteiger partial charge on any atom is -0.377 e. The Morgan fingerprint density at radius 1 is 1.17 bits per heavy atom. The molecule has 3 rings (SSSR count). The van der Waals surface area contributed by atoms with E-state index in [9.17, 15) is 0 Å². The largest absolute Gasteiger partial charge is 0.377 e. The SMILES string of the molecule is c1cnc(N2CCN(CC3CCCO3)CC2)nc1. The van der Waals surface area contributed by atoms with Gasteiger partial charge < -0.3 is 9.64 Å². The molecule has 0 saturated carbocycles. The fourth-order valence-corrected chi connectivity index (χ4v) is 2.66. The van der Waals surface area contributed by atoms with Gasteiger partial charge in [-0.05, 0) is 18.9 Å². The van der Waals surface area contributed by atoms with Crippen molar-refractivity contribution in [2.45, 2.75) is 18.9 Å². The van der Waals surface area contributed by atoms with Crippen molar-refractivity contribution in [2.75, 3.05) is 44.2 Å². The molecular weight excluding hydrogens is 228 g/mol. The van der Waals surface area contributed by atoms with Crippen molar-refractivity contribution in [2.24, 2.45) is 0 Å². The second kappa shape index (κ2) is 5.63. The summed E-state index contributed by atoms with van der Waals surface area (Å²) in [5, 5.41) is 0. The van der Waals surface area contributed by atoms with E-state index in [1.54, 1.807) is 12.4 Å². The summed E-state index contributed by atoms with van der Waals surface area (Å²) in [5.41, 5.74) is 0. The van der Waals surface area contributed by atoms with Gasteiger partial charge in [0.05, 0.1) is 6.10 Å². The summed E-state index contributed by atoms with van der Waals surface area (Å²) in [6.07, 6.45) is 6.52. The van der Waals surface area contributed by atoms with E-state index < -0.39 is 0 Å². The van der Waals surface area contributed by atoms with E-state index in [-0.39, 0.29) is 0 Å². The predicted molar refractivity (Wildman–Crippen MR) is 69.7 cm³/mol. The molecule has 0 N–H and O–H groups in total. The minimum atomic E-state index is 0.463. The maximum atomic E-state index is 5.69. The van der Waals surface area contributed by atoms with Crippen molar-refractivity contribution in [3.05, 3.63) is 18.5 Å². The maximum absolute atomic E-state index is 5.69. The number of aromatic nitrogens is 2. The van der Waals surface area contributed by atoms with E-state index in [0.29, 0.717) is 6.10 Å². The van der Waals surface area contributed by atoms with Gasteiger partial charge in [-0.1, -0.05) is 0 Å². The molecule has 1 unspecified atom stereocenters.